The molecular weight excluding hydrogens is 331 g/mol. The number of carbonyl (C=O) groups is 2. The Morgan fingerprint density at radius 3 is 2.72 bits per heavy atom. The molecule has 0 aliphatic rings. The van der Waals surface area contributed by atoms with Crippen LogP contribution >= 0.6 is 0 Å². The number of para-hydroxylation sites is 1. The van der Waals surface area contributed by atoms with Crippen LogP contribution in [0, 0.1) is 5.82 Å². The molecular formula is C17H19FN2O5. The van der Waals surface area contributed by atoms with Crippen molar-refractivity contribution >= 4 is 11.9 Å². The van der Waals surface area contributed by atoms with Crippen LogP contribution in [0.4, 0.5) is 4.39 Å². The number of benzene rings is 1. The first-order chi connectivity index (χ1) is 11.9. The van der Waals surface area contributed by atoms with E-state index in [2.05, 4.69) is 5.16 Å². The van der Waals surface area contributed by atoms with E-state index in [1.807, 2.05) is 0 Å². The third-order valence-corrected chi connectivity index (χ3v) is 3.44. The van der Waals surface area contributed by atoms with Gasteiger partial charge in [-0.05, 0) is 26.0 Å². The first kappa shape index (κ1) is 18.4. The van der Waals surface area contributed by atoms with Gasteiger partial charge in [-0.3, -0.25) is 9.59 Å². The minimum absolute atomic E-state index is 0.0474. The molecule has 0 unspecified atom stereocenters. The number of aromatic nitrogens is 1. The quantitative estimate of drug-likeness (QED) is 0.787. The van der Waals surface area contributed by atoms with Crippen LogP contribution in [0.1, 0.15) is 36.5 Å². The molecule has 25 heavy (non-hydrogen) atoms. The summed E-state index contributed by atoms with van der Waals surface area (Å²) in [4.78, 5) is 24.6. The summed E-state index contributed by atoms with van der Waals surface area (Å²) in [6.45, 7) is 3.54. The molecule has 134 valence electrons. The van der Waals surface area contributed by atoms with Crippen molar-refractivity contribution in [2.24, 2.45) is 0 Å². The average Bonchev–Trinajstić information content (AvgIpc) is 3.02. The SMILES string of the molecule is CC(C)N(CCC(=O)O)C(=O)c1cc(COc2ccccc2F)on1. The third kappa shape index (κ3) is 5.03. The summed E-state index contributed by atoms with van der Waals surface area (Å²) < 4.78 is 23.8. The zero-order valence-corrected chi connectivity index (χ0v) is 13.9. The molecule has 0 radical (unpaired) electrons. The summed E-state index contributed by atoms with van der Waals surface area (Å²) in [5.41, 5.74) is 0.0474. The minimum Gasteiger partial charge on any atom is -0.482 e. The Labute approximate surface area is 144 Å². The number of rotatable bonds is 8. The van der Waals surface area contributed by atoms with Gasteiger partial charge in [0, 0.05) is 18.7 Å². The highest BCUT2D eigenvalue weighted by Crippen LogP contribution is 2.18. The van der Waals surface area contributed by atoms with E-state index in [-0.39, 0.29) is 42.8 Å². The summed E-state index contributed by atoms with van der Waals surface area (Å²) in [5.74, 6) is -1.60. The smallest absolute Gasteiger partial charge is 0.305 e. The maximum Gasteiger partial charge on any atom is 0.305 e. The topological polar surface area (TPSA) is 92.9 Å². The van der Waals surface area contributed by atoms with Crippen LogP contribution in [-0.2, 0) is 11.4 Å². The first-order valence-electron chi connectivity index (χ1n) is 7.74. The molecule has 0 bridgehead atoms. The molecule has 0 fully saturated rings. The standard InChI is InChI=1S/C17H19FN2O5/c1-11(2)20(8-7-16(21)22)17(23)14-9-12(25-19-14)10-24-15-6-4-3-5-13(15)18/h3-6,9,11H,7-8,10H2,1-2H3,(H,21,22). The normalized spacial score (nSPS) is 10.7. The van der Waals surface area contributed by atoms with Gasteiger partial charge in [-0.1, -0.05) is 17.3 Å². The van der Waals surface area contributed by atoms with Crippen molar-refractivity contribution in [2.45, 2.75) is 32.9 Å². The van der Waals surface area contributed by atoms with E-state index in [4.69, 9.17) is 14.4 Å². The van der Waals surface area contributed by atoms with Gasteiger partial charge >= 0.3 is 5.97 Å². The molecule has 1 N–H and O–H groups in total. The second-order valence-corrected chi connectivity index (χ2v) is 5.63. The van der Waals surface area contributed by atoms with E-state index >= 15 is 0 Å². The molecule has 0 spiro atoms. The van der Waals surface area contributed by atoms with E-state index in [1.54, 1.807) is 26.0 Å². The van der Waals surface area contributed by atoms with Gasteiger partial charge in [0.2, 0.25) is 0 Å². The summed E-state index contributed by atoms with van der Waals surface area (Å²) in [6, 6.07) is 7.14. The van der Waals surface area contributed by atoms with Gasteiger partial charge < -0.3 is 19.3 Å². The van der Waals surface area contributed by atoms with E-state index in [0.717, 1.165) is 0 Å². The van der Waals surface area contributed by atoms with Crippen LogP contribution < -0.4 is 4.74 Å². The third-order valence-electron chi connectivity index (χ3n) is 3.44. The Morgan fingerprint density at radius 2 is 2.08 bits per heavy atom. The molecule has 1 amide bonds. The number of amides is 1. The Morgan fingerprint density at radius 1 is 1.36 bits per heavy atom. The molecule has 0 atom stereocenters. The number of carboxylic acid groups (broad SMARTS) is 1. The minimum atomic E-state index is -0.988. The lowest BCUT2D eigenvalue weighted by atomic mass is 10.2. The molecule has 0 aliphatic heterocycles. The Hall–Kier alpha value is -2.90. The Kier molecular flexibility index (Phi) is 6.10. The van der Waals surface area contributed by atoms with Gasteiger partial charge in [0.1, 0.15) is 6.61 Å². The number of aliphatic carboxylic acids is 1. The van der Waals surface area contributed by atoms with Crippen molar-refractivity contribution in [1.29, 1.82) is 0 Å². The predicted octanol–water partition coefficient (Wildman–Crippen LogP) is 2.72. The maximum atomic E-state index is 13.5. The maximum absolute atomic E-state index is 13.5. The fourth-order valence-electron chi connectivity index (χ4n) is 2.15. The summed E-state index contributed by atoms with van der Waals surface area (Å²) in [6.07, 6.45) is -0.162. The monoisotopic (exact) mass is 350 g/mol. The van der Waals surface area contributed by atoms with Crippen LogP contribution in [0.15, 0.2) is 34.9 Å². The number of carbonyl (C=O) groups excluding carboxylic acids is 1. The van der Waals surface area contributed by atoms with E-state index < -0.39 is 17.7 Å². The highest BCUT2D eigenvalue weighted by Gasteiger charge is 2.23. The number of halogens is 1. The van der Waals surface area contributed by atoms with E-state index in [0.29, 0.717) is 0 Å². The van der Waals surface area contributed by atoms with Crippen LogP contribution in [0.3, 0.4) is 0 Å². The number of hydrogen-bond acceptors (Lipinski definition) is 5. The highest BCUT2D eigenvalue weighted by atomic mass is 19.1. The zero-order chi connectivity index (χ0) is 18.4. The number of carboxylic acids is 1. The van der Waals surface area contributed by atoms with Gasteiger partial charge in [-0.25, -0.2) is 4.39 Å². The van der Waals surface area contributed by atoms with E-state index in [1.165, 1.54) is 23.1 Å². The van der Waals surface area contributed by atoms with Gasteiger partial charge in [-0.15, -0.1) is 0 Å². The second-order valence-electron chi connectivity index (χ2n) is 5.63. The number of ether oxygens (including phenoxy) is 1. The molecule has 1 aromatic carbocycles. The zero-order valence-electron chi connectivity index (χ0n) is 13.9. The lowest BCUT2D eigenvalue weighted by Crippen LogP contribution is -2.38. The first-order valence-corrected chi connectivity index (χ1v) is 7.74. The van der Waals surface area contributed by atoms with Crippen molar-refractivity contribution in [1.82, 2.24) is 10.1 Å². The predicted molar refractivity (Wildman–Crippen MR) is 85.7 cm³/mol. The summed E-state index contributed by atoms with van der Waals surface area (Å²) >= 11 is 0. The van der Waals surface area contributed by atoms with Crippen LogP contribution in [-0.4, -0.2) is 39.6 Å². The van der Waals surface area contributed by atoms with Gasteiger partial charge in [0.25, 0.3) is 5.91 Å². The van der Waals surface area contributed by atoms with Crippen LogP contribution in [0.25, 0.3) is 0 Å². The second kappa shape index (κ2) is 8.27. The molecule has 2 rings (SSSR count). The molecule has 2 aromatic rings. The molecule has 1 aromatic heterocycles. The van der Waals surface area contributed by atoms with Gasteiger partial charge in [-0.2, -0.15) is 0 Å². The largest absolute Gasteiger partial charge is 0.482 e. The molecule has 7 nitrogen and oxygen atoms in total. The van der Waals surface area contributed by atoms with Crippen molar-refractivity contribution in [3.8, 4) is 5.75 Å². The lowest BCUT2D eigenvalue weighted by Gasteiger charge is -2.24. The number of hydrogen-bond donors (Lipinski definition) is 1. The fraction of sp³-hybridized carbons (Fsp3) is 0.353. The molecule has 0 saturated heterocycles. The highest BCUT2D eigenvalue weighted by molar-refractivity contribution is 5.92. The molecule has 1 heterocycles. The van der Waals surface area contributed by atoms with Gasteiger partial charge in [0.05, 0.1) is 6.42 Å². The summed E-state index contributed by atoms with van der Waals surface area (Å²) in [5, 5.41) is 12.5. The summed E-state index contributed by atoms with van der Waals surface area (Å²) in [7, 11) is 0. The fourth-order valence-corrected chi connectivity index (χ4v) is 2.15. The Balaban J connectivity index is 2.02. The van der Waals surface area contributed by atoms with Crippen molar-refractivity contribution < 1.29 is 28.3 Å². The lowest BCUT2D eigenvalue weighted by molar-refractivity contribution is -0.137. The van der Waals surface area contributed by atoms with Crippen molar-refractivity contribution in [3.05, 3.63) is 47.6 Å². The van der Waals surface area contributed by atoms with Crippen molar-refractivity contribution in [3.63, 3.8) is 0 Å². The van der Waals surface area contributed by atoms with Crippen molar-refractivity contribution in [2.75, 3.05) is 6.54 Å². The number of nitrogens with zero attached hydrogens (tertiary/aromatic N) is 2. The molecule has 0 saturated carbocycles. The van der Waals surface area contributed by atoms with Gasteiger partial charge in [0.15, 0.2) is 23.0 Å². The molecule has 0 aliphatic carbocycles. The molecule has 8 heteroatoms. The van der Waals surface area contributed by atoms with Crippen LogP contribution in [0.5, 0.6) is 5.75 Å². The average molecular weight is 350 g/mol. The van der Waals surface area contributed by atoms with E-state index in [9.17, 15) is 14.0 Å². The Bertz CT molecular complexity index is 744. The van der Waals surface area contributed by atoms with Crippen LogP contribution in [0.2, 0.25) is 0 Å².